The van der Waals surface area contributed by atoms with Gasteiger partial charge in [-0.15, -0.1) is 0 Å². The van der Waals surface area contributed by atoms with Crippen LogP contribution in [0.15, 0.2) is 24.3 Å². The molecular formula is C29H38N4O4. The lowest BCUT2D eigenvalue weighted by Gasteiger charge is -2.56. The molecule has 2 amide bonds. The fraction of sp³-hybridized carbons (Fsp3) is 0.621. The minimum Gasteiger partial charge on any atom is -0.369 e. The van der Waals surface area contributed by atoms with Gasteiger partial charge in [-0.3, -0.25) is 14.8 Å². The lowest BCUT2D eigenvalue weighted by molar-refractivity contribution is -0.169. The van der Waals surface area contributed by atoms with Crippen molar-refractivity contribution in [3.05, 3.63) is 47.0 Å². The summed E-state index contributed by atoms with van der Waals surface area (Å²) in [6, 6.07) is 7.10. The molecule has 198 valence electrons. The molecule has 5 aliphatic carbocycles. The van der Waals surface area contributed by atoms with Crippen LogP contribution < -0.4 is 10.8 Å². The highest BCUT2D eigenvalue weighted by molar-refractivity contribution is 6.03. The molecule has 2 aromatic rings. The highest BCUT2D eigenvalue weighted by Crippen LogP contribution is 2.57. The molecule has 37 heavy (non-hydrogen) atoms. The molecule has 1 heterocycles. The Morgan fingerprint density at radius 1 is 1.05 bits per heavy atom. The van der Waals surface area contributed by atoms with Gasteiger partial charge < -0.3 is 15.0 Å². The van der Waals surface area contributed by atoms with Gasteiger partial charge in [0.25, 0.3) is 5.91 Å². The molecule has 5 fully saturated rings. The number of benzene rings is 1. The van der Waals surface area contributed by atoms with E-state index in [-0.39, 0.29) is 17.9 Å². The number of ether oxygens (including phenoxy) is 1. The Bertz CT molecular complexity index is 1120. The Balaban J connectivity index is 1.21. The molecule has 5 aliphatic rings. The minimum absolute atomic E-state index is 0.0264. The van der Waals surface area contributed by atoms with E-state index in [1.54, 1.807) is 29.7 Å². The van der Waals surface area contributed by atoms with Gasteiger partial charge in [0.15, 0.2) is 5.69 Å². The summed E-state index contributed by atoms with van der Waals surface area (Å²) in [7, 11) is 0. The summed E-state index contributed by atoms with van der Waals surface area (Å²) in [4.78, 5) is 33.4. The third-order valence-corrected chi connectivity index (χ3v) is 9.18. The first kappa shape index (κ1) is 24.6. The van der Waals surface area contributed by atoms with Crippen molar-refractivity contribution >= 4 is 17.5 Å². The third kappa shape index (κ3) is 5.32. The van der Waals surface area contributed by atoms with Gasteiger partial charge in [0.2, 0.25) is 5.91 Å². The second kappa shape index (κ2) is 10.2. The standard InChI is InChI=1S/C29H38N4O4/c34-25(33-36)13-18-5-4-8-23(12-18)30-28(35)26-24(31-27(32-26)22-6-2-1-3-7-22)17-37-29-14-19-9-20(15-29)11-21(10-19)16-29/h4-5,8,12,19-22,36H,1-3,6-7,9-11,13-17H2,(H,30,35)(H,31,32)(H,33,34). The Morgan fingerprint density at radius 3 is 2.43 bits per heavy atom. The Labute approximate surface area is 217 Å². The van der Waals surface area contributed by atoms with Gasteiger partial charge in [-0.2, -0.15) is 0 Å². The molecule has 4 N–H and O–H groups in total. The Morgan fingerprint density at radius 2 is 1.76 bits per heavy atom. The lowest BCUT2D eigenvalue weighted by Crippen LogP contribution is -2.51. The van der Waals surface area contributed by atoms with Crippen LogP contribution in [-0.2, 0) is 22.6 Å². The smallest absolute Gasteiger partial charge is 0.276 e. The number of carbonyl (C=O) groups is 2. The molecule has 1 aromatic carbocycles. The average molecular weight is 507 g/mol. The monoisotopic (exact) mass is 506 g/mol. The molecule has 0 saturated heterocycles. The lowest BCUT2D eigenvalue weighted by atomic mass is 9.54. The summed E-state index contributed by atoms with van der Waals surface area (Å²) >= 11 is 0. The number of aromatic amines is 1. The van der Waals surface area contributed by atoms with Crippen molar-refractivity contribution in [1.29, 1.82) is 0 Å². The van der Waals surface area contributed by atoms with E-state index in [9.17, 15) is 9.59 Å². The number of imidazole rings is 1. The molecule has 0 aliphatic heterocycles. The average Bonchev–Trinajstić information content (AvgIpc) is 3.32. The van der Waals surface area contributed by atoms with Crippen LogP contribution in [0.3, 0.4) is 0 Å². The first-order chi connectivity index (χ1) is 18.0. The van der Waals surface area contributed by atoms with Gasteiger partial charge in [-0.05, 0) is 86.8 Å². The summed E-state index contributed by atoms with van der Waals surface area (Å²) in [5.74, 6) is 2.88. The van der Waals surface area contributed by atoms with Crippen molar-refractivity contribution in [3.63, 3.8) is 0 Å². The fourth-order valence-corrected chi connectivity index (χ4v) is 7.90. The SMILES string of the molecule is O=C(Cc1cccc(NC(=O)c2nc(C3CCCCC3)[nH]c2COC23CC4CC(CC(C4)C2)C3)c1)NO. The predicted molar refractivity (Wildman–Crippen MR) is 138 cm³/mol. The van der Waals surface area contributed by atoms with Crippen molar-refractivity contribution in [2.45, 2.75) is 95.2 Å². The Kier molecular flexibility index (Phi) is 6.80. The molecule has 0 spiro atoms. The number of carbonyl (C=O) groups excluding carboxylic acids is 2. The molecule has 5 saturated carbocycles. The van der Waals surface area contributed by atoms with Gasteiger partial charge in [-0.1, -0.05) is 31.4 Å². The van der Waals surface area contributed by atoms with Gasteiger partial charge >= 0.3 is 0 Å². The predicted octanol–water partition coefficient (Wildman–Crippen LogP) is 5.24. The van der Waals surface area contributed by atoms with Gasteiger partial charge in [-0.25, -0.2) is 10.5 Å². The zero-order valence-electron chi connectivity index (χ0n) is 21.4. The maximum atomic E-state index is 13.5. The van der Waals surface area contributed by atoms with Gasteiger partial charge in [0.1, 0.15) is 5.82 Å². The van der Waals surface area contributed by atoms with E-state index >= 15 is 0 Å². The molecule has 7 rings (SSSR count). The fourth-order valence-electron chi connectivity index (χ4n) is 7.90. The van der Waals surface area contributed by atoms with E-state index in [0.29, 0.717) is 29.5 Å². The number of anilines is 1. The number of hydrogen-bond acceptors (Lipinski definition) is 5. The summed E-state index contributed by atoms with van der Waals surface area (Å²) < 4.78 is 6.73. The molecule has 1 aromatic heterocycles. The van der Waals surface area contributed by atoms with Crippen molar-refractivity contribution in [3.8, 4) is 0 Å². The summed E-state index contributed by atoms with van der Waals surface area (Å²) in [5, 5.41) is 11.8. The van der Waals surface area contributed by atoms with Crippen LogP contribution in [0.2, 0.25) is 0 Å². The summed E-state index contributed by atoms with van der Waals surface area (Å²) in [6.07, 6.45) is 13.4. The van der Waals surface area contributed by atoms with Crippen molar-refractivity contribution in [2.24, 2.45) is 17.8 Å². The third-order valence-electron chi connectivity index (χ3n) is 9.18. The van der Waals surface area contributed by atoms with Crippen LogP contribution in [-0.4, -0.2) is 32.6 Å². The molecule has 0 radical (unpaired) electrons. The number of H-pyrrole nitrogens is 1. The largest absolute Gasteiger partial charge is 0.369 e. The minimum atomic E-state index is -0.503. The van der Waals surface area contributed by atoms with Gasteiger partial charge in [0, 0.05) is 11.6 Å². The first-order valence-electron chi connectivity index (χ1n) is 14.0. The van der Waals surface area contributed by atoms with Crippen LogP contribution in [0.25, 0.3) is 0 Å². The maximum Gasteiger partial charge on any atom is 0.276 e. The van der Waals surface area contributed by atoms with Crippen molar-refractivity contribution in [2.75, 3.05) is 5.32 Å². The zero-order chi connectivity index (χ0) is 25.4. The first-order valence-corrected chi connectivity index (χ1v) is 14.0. The number of aromatic nitrogens is 2. The highest BCUT2D eigenvalue weighted by atomic mass is 16.5. The second-order valence-corrected chi connectivity index (χ2v) is 12.0. The van der Waals surface area contributed by atoms with Gasteiger partial charge in [0.05, 0.1) is 24.3 Å². The van der Waals surface area contributed by atoms with E-state index in [2.05, 4.69) is 10.3 Å². The maximum absolute atomic E-state index is 13.5. The number of hydrogen-bond donors (Lipinski definition) is 4. The van der Waals surface area contributed by atoms with Crippen LogP contribution in [0.5, 0.6) is 0 Å². The van der Waals surface area contributed by atoms with Crippen molar-refractivity contribution < 1.29 is 19.5 Å². The summed E-state index contributed by atoms with van der Waals surface area (Å²) in [5.41, 5.74) is 4.06. The molecule has 4 bridgehead atoms. The number of hydroxylamine groups is 1. The highest BCUT2D eigenvalue weighted by Gasteiger charge is 2.51. The quantitative estimate of drug-likeness (QED) is 0.288. The van der Waals surface area contributed by atoms with E-state index in [0.717, 1.165) is 61.4 Å². The van der Waals surface area contributed by atoms with Crippen molar-refractivity contribution in [1.82, 2.24) is 15.4 Å². The second-order valence-electron chi connectivity index (χ2n) is 12.0. The zero-order valence-corrected chi connectivity index (χ0v) is 21.4. The topological polar surface area (TPSA) is 116 Å². The van der Waals surface area contributed by atoms with Crippen LogP contribution in [0.1, 0.15) is 104 Å². The number of rotatable bonds is 8. The molecule has 8 nitrogen and oxygen atoms in total. The molecule has 0 unspecified atom stereocenters. The van der Waals surface area contributed by atoms with E-state index in [1.165, 1.54) is 38.5 Å². The Hall–Kier alpha value is -2.71. The normalized spacial score (nSPS) is 28.8. The number of amides is 2. The van der Waals surface area contributed by atoms with Crippen LogP contribution in [0, 0.1) is 17.8 Å². The van der Waals surface area contributed by atoms with E-state index in [4.69, 9.17) is 14.9 Å². The van der Waals surface area contributed by atoms with E-state index < -0.39 is 5.91 Å². The van der Waals surface area contributed by atoms with Crippen LogP contribution >= 0.6 is 0 Å². The number of nitrogens with one attached hydrogen (secondary N) is 3. The molecule has 0 atom stereocenters. The number of nitrogens with zero attached hydrogens (tertiary/aromatic N) is 1. The molecular weight excluding hydrogens is 468 g/mol. The molecule has 8 heteroatoms. The van der Waals surface area contributed by atoms with E-state index in [1.807, 2.05) is 0 Å². The summed E-state index contributed by atoms with van der Waals surface area (Å²) in [6.45, 7) is 0.380. The van der Waals surface area contributed by atoms with Crippen LogP contribution in [0.4, 0.5) is 5.69 Å².